The van der Waals surface area contributed by atoms with Gasteiger partial charge in [-0.2, -0.15) is 0 Å². The van der Waals surface area contributed by atoms with Gasteiger partial charge in [0, 0.05) is 18.5 Å². The molecular formula is C18H28N2O2. The fraction of sp³-hybridized carbons (Fsp3) is 0.556. The molecule has 0 radical (unpaired) electrons. The Morgan fingerprint density at radius 1 is 1.18 bits per heavy atom. The van der Waals surface area contributed by atoms with Crippen LogP contribution in [0.4, 0.5) is 0 Å². The van der Waals surface area contributed by atoms with E-state index in [4.69, 9.17) is 0 Å². The maximum absolute atomic E-state index is 12.3. The number of amides is 2. The Morgan fingerprint density at radius 2 is 1.77 bits per heavy atom. The summed E-state index contributed by atoms with van der Waals surface area (Å²) >= 11 is 0. The van der Waals surface area contributed by atoms with E-state index in [9.17, 15) is 9.59 Å². The minimum Gasteiger partial charge on any atom is -0.350 e. The van der Waals surface area contributed by atoms with Crippen LogP contribution < -0.4 is 5.32 Å². The highest BCUT2D eigenvalue weighted by atomic mass is 16.2. The first-order valence-electron chi connectivity index (χ1n) is 7.90. The van der Waals surface area contributed by atoms with Crippen molar-refractivity contribution in [3.8, 4) is 0 Å². The lowest BCUT2D eigenvalue weighted by atomic mass is 10.1. The van der Waals surface area contributed by atoms with E-state index in [0.717, 1.165) is 6.42 Å². The standard InChI is InChI=1S/C18H28N2O2/c1-6-16(21)20(13-12-15-10-8-7-9-11-15)14(2)17(22)19-18(3,4)5/h7-11,14H,6,12-13H2,1-5H3,(H,19,22). The van der Waals surface area contributed by atoms with Crippen molar-refractivity contribution < 1.29 is 9.59 Å². The van der Waals surface area contributed by atoms with E-state index in [2.05, 4.69) is 5.32 Å². The van der Waals surface area contributed by atoms with Crippen LogP contribution in [-0.2, 0) is 16.0 Å². The lowest BCUT2D eigenvalue weighted by molar-refractivity contribution is -0.140. The molecule has 0 aliphatic rings. The molecule has 0 aliphatic carbocycles. The van der Waals surface area contributed by atoms with E-state index in [1.165, 1.54) is 5.56 Å². The van der Waals surface area contributed by atoms with Crippen molar-refractivity contribution in [2.45, 2.75) is 59.0 Å². The number of nitrogens with one attached hydrogen (secondary N) is 1. The van der Waals surface area contributed by atoms with Gasteiger partial charge in [-0.3, -0.25) is 9.59 Å². The highest BCUT2D eigenvalue weighted by molar-refractivity contribution is 5.87. The van der Waals surface area contributed by atoms with Gasteiger partial charge in [0.2, 0.25) is 11.8 Å². The van der Waals surface area contributed by atoms with Crippen LogP contribution in [0.15, 0.2) is 30.3 Å². The Hall–Kier alpha value is -1.84. The molecule has 0 aromatic heterocycles. The predicted molar refractivity (Wildman–Crippen MR) is 89.5 cm³/mol. The number of hydrogen-bond acceptors (Lipinski definition) is 2. The summed E-state index contributed by atoms with van der Waals surface area (Å²) in [5, 5.41) is 2.94. The van der Waals surface area contributed by atoms with Crippen molar-refractivity contribution in [2.75, 3.05) is 6.54 Å². The zero-order chi connectivity index (χ0) is 16.8. The molecule has 0 heterocycles. The summed E-state index contributed by atoms with van der Waals surface area (Å²) in [5.41, 5.74) is 0.867. The Balaban J connectivity index is 2.75. The molecule has 0 saturated heterocycles. The maximum atomic E-state index is 12.3. The third-order valence-electron chi connectivity index (χ3n) is 3.45. The molecule has 0 fully saturated rings. The third kappa shape index (κ3) is 5.88. The van der Waals surface area contributed by atoms with Crippen LogP contribution in [0.25, 0.3) is 0 Å². The van der Waals surface area contributed by atoms with Crippen LogP contribution in [0.3, 0.4) is 0 Å². The van der Waals surface area contributed by atoms with E-state index in [0.29, 0.717) is 13.0 Å². The molecule has 122 valence electrons. The lowest BCUT2D eigenvalue weighted by Gasteiger charge is -2.31. The molecule has 1 rings (SSSR count). The molecule has 2 amide bonds. The second-order valence-corrected chi connectivity index (χ2v) is 6.59. The van der Waals surface area contributed by atoms with E-state index in [-0.39, 0.29) is 17.4 Å². The molecule has 22 heavy (non-hydrogen) atoms. The molecule has 4 nitrogen and oxygen atoms in total. The normalized spacial score (nSPS) is 12.6. The van der Waals surface area contributed by atoms with Crippen molar-refractivity contribution >= 4 is 11.8 Å². The van der Waals surface area contributed by atoms with Gasteiger partial charge >= 0.3 is 0 Å². The van der Waals surface area contributed by atoms with Crippen LogP contribution >= 0.6 is 0 Å². The number of nitrogens with zero attached hydrogens (tertiary/aromatic N) is 1. The topological polar surface area (TPSA) is 49.4 Å². The van der Waals surface area contributed by atoms with Gasteiger partial charge in [0.1, 0.15) is 6.04 Å². The smallest absolute Gasteiger partial charge is 0.242 e. The summed E-state index contributed by atoms with van der Waals surface area (Å²) in [6.45, 7) is 9.98. The molecular weight excluding hydrogens is 276 g/mol. The predicted octanol–water partition coefficient (Wildman–Crippen LogP) is 2.77. The van der Waals surface area contributed by atoms with Crippen molar-refractivity contribution in [3.63, 3.8) is 0 Å². The highest BCUT2D eigenvalue weighted by Gasteiger charge is 2.27. The second kappa shape index (κ2) is 7.97. The molecule has 4 heteroatoms. The van der Waals surface area contributed by atoms with Crippen LogP contribution in [-0.4, -0.2) is 34.8 Å². The maximum Gasteiger partial charge on any atom is 0.242 e. The molecule has 0 bridgehead atoms. The quantitative estimate of drug-likeness (QED) is 0.878. The van der Waals surface area contributed by atoms with Crippen LogP contribution in [0.1, 0.15) is 46.6 Å². The number of hydrogen-bond donors (Lipinski definition) is 1. The second-order valence-electron chi connectivity index (χ2n) is 6.59. The summed E-state index contributed by atoms with van der Waals surface area (Å²) in [6.07, 6.45) is 1.15. The van der Waals surface area contributed by atoms with Gasteiger partial charge in [-0.25, -0.2) is 0 Å². The largest absolute Gasteiger partial charge is 0.350 e. The van der Waals surface area contributed by atoms with Crippen molar-refractivity contribution in [2.24, 2.45) is 0 Å². The number of carbonyl (C=O) groups excluding carboxylic acids is 2. The SMILES string of the molecule is CCC(=O)N(CCc1ccccc1)C(C)C(=O)NC(C)(C)C. The van der Waals surface area contributed by atoms with Crippen LogP contribution in [0, 0.1) is 0 Å². The van der Waals surface area contributed by atoms with E-state index >= 15 is 0 Å². The molecule has 0 saturated carbocycles. The van der Waals surface area contributed by atoms with Crippen LogP contribution in [0.2, 0.25) is 0 Å². The lowest BCUT2D eigenvalue weighted by Crippen LogP contribution is -2.53. The van der Waals surface area contributed by atoms with Gasteiger partial charge in [-0.1, -0.05) is 37.3 Å². The van der Waals surface area contributed by atoms with Crippen molar-refractivity contribution in [1.29, 1.82) is 0 Å². The number of benzene rings is 1. The summed E-state index contributed by atoms with van der Waals surface area (Å²) < 4.78 is 0. The molecule has 1 N–H and O–H groups in total. The van der Waals surface area contributed by atoms with Crippen molar-refractivity contribution in [3.05, 3.63) is 35.9 Å². The number of carbonyl (C=O) groups is 2. The Morgan fingerprint density at radius 3 is 2.27 bits per heavy atom. The zero-order valence-corrected chi connectivity index (χ0v) is 14.3. The number of rotatable bonds is 6. The van der Waals surface area contributed by atoms with Gasteiger partial charge in [0.15, 0.2) is 0 Å². The average molecular weight is 304 g/mol. The molecule has 1 aromatic carbocycles. The van der Waals surface area contributed by atoms with Gasteiger partial charge in [-0.05, 0) is 39.7 Å². The summed E-state index contributed by atoms with van der Waals surface area (Å²) in [4.78, 5) is 26.2. The fourth-order valence-electron chi connectivity index (χ4n) is 2.25. The molecule has 1 unspecified atom stereocenters. The van der Waals surface area contributed by atoms with E-state index in [1.54, 1.807) is 11.8 Å². The highest BCUT2D eigenvalue weighted by Crippen LogP contribution is 2.09. The van der Waals surface area contributed by atoms with Gasteiger partial charge < -0.3 is 10.2 Å². The van der Waals surface area contributed by atoms with Gasteiger partial charge in [0.25, 0.3) is 0 Å². The first-order chi connectivity index (χ1) is 10.2. The average Bonchev–Trinajstić information content (AvgIpc) is 2.46. The zero-order valence-electron chi connectivity index (χ0n) is 14.3. The summed E-state index contributed by atoms with van der Waals surface area (Å²) in [5.74, 6) is -0.102. The Kier molecular flexibility index (Phi) is 6.60. The monoisotopic (exact) mass is 304 g/mol. The first-order valence-corrected chi connectivity index (χ1v) is 7.90. The van der Waals surface area contributed by atoms with Gasteiger partial charge in [-0.15, -0.1) is 0 Å². The Labute approximate surface area is 133 Å². The van der Waals surface area contributed by atoms with Gasteiger partial charge in [0.05, 0.1) is 0 Å². The Bertz CT molecular complexity index is 492. The minimum atomic E-state index is -0.463. The molecule has 1 aromatic rings. The minimum absolute atomic E-state index is 0.00694. The molecule has 0 spiro atoms. The summed E-state index contributed by atoms with van der Waals surface area (Å²) in [6, 6.07) is 9.55. The van der Waals surface area contributed by atoms with E-state index in [1.807, 2.05) is 58.0 Å². The fourth-order valence-corrected chi connectivity index (χ4v) is 2.25. The third-order valence-corrected chi connectivity index (χ3v) is 3.45. The molecule has 1 atom stereocenters. The summed E-state index contributed by atoms with van der Waals surface area (Å²) in [7, 11) is 0. The molecule has 0 aliphatic heterocycles. The van der Waals surface area contributed by atoms with Crippen LogP contribution in [0.5, 0.6) is 0 Å². The van der Waals surface area contributed by atoms with Crippen molar-refractivity contribution in [1.82, 2.24) is 10.2 Å². The van der Waals surface area contributed by atoms with E-state index < -0.39 is 6.04 Å². The first kappa shape index (κ1) is 18.2.